The standard InChI is InChI=1S/C14H22N2O3S2/c1-3-12-4-5-14(20-12)21(18,19)15-10-13(17)16-8-6-11(2)7-9-16/h4-5,11,15H,3,6-10H2,1-2H3. The number of amides is 1. The quantitative estimate of drug-likeness (QED) is 0.896. The van der Waals surface area contributed by atoms with Gasteiger partial charge in [0.15, 0.2) is 0 Å². The number of rotatable bonds is 5. The smallest absolute Gasteiger partial charge is 0.250 e. The van der Waals surface area contributed by atoms with Crippen LogP contribution in [0, 0.1) is 5.92 Å². The molecule has 1 aliphatic rings. The van der Waals surface area contributed by atoms with Crippen LogP contribution in [0.1, 0.15) is 31.6 Å². The zero-order chi connectivity index (χ0) is 15.5. The molecule has 1 aromatic rings. The van der Waals surface area contributed by atoms with Gasteiger partial charge in [-0.15, -0.1) is 11.3 Å². The average molecular weight is 330 g/mol. The van der Waals surface area contributed by atoms with E-state index in [1.165, 1.54) is 11.3 Å². The van der Waals surface area contributed by atoms with E-state index < -0.39 is 10.0 Å². The molecule has 0 atom stereocenters. The number of aryl methyl sites for hydroxylation is 1. The van der Waals surface area contributed by atoms with E-state index in [0.29, 0.717) is 5.92 Å². The van der Waals surface area contributed by atoms with E-state index in [4.69, 9.17) is 0 Å². The third-order valence-electron chi connectivity index (χ3n) is 3.80. The monoisotopic (exact) mass is 330 g/mol. The lowest BCUT2D eigenvalue weighted by Crippen LogP contribution is -2.43. The van der Waals surface area contributed by atoms with Gasteiger partial charge in [-0.05, 0) is 37.3 Å². The van der Waals surface area contributed by atoms with Gasteiger partial charge >= 0.3 is 0 Å². The number of carbonyl (C=O) groups excluding carboxylic acids is 1. The first-order chi connectivity index (χ1) is 9.92. The minimum atomic E-state index is -3.57. The molecule has 7 heteroatoms. The number of hydrogen-bond acceptors (Lipinski definition) is 4. The lowest BCUT2D eigenvalue weighted by Gasteiger charge is -2.30. The Hall–Kier alpha value is -0.920. The molecule has 0 unspecified atom stereocenters. The van der Waals surface area contributed by atoms with Crippen LogP contribution < -0.4 is 4.72 Å². The van der Waals surface area contributed by atoms with Crippen LogP contribution in [0.15, 0.2) is 16.3 Å². The second-order valence-corrected chi connectivity index (χ2v) is 8.62. The Balaban J connectivity index is 1.90. The average Bonchev–Trinajstić information content (AvgIpc) is 2.95. The number of sulfonamides is 1. The van der Waals surface area contributed by atoms with E-state index in [0.717, 1.165) is 37.2 Å². The van der Waals surface area contributed by atoms with E-state index in [1.54, 1.807) is 11.0 Å². The van der Waals surface area contributed by atoms with E-state index in [2.05, 4.69) is 11.6 Å². The van der Waals surface area contributed by atoms with Crippen LogP contribution in [0.5, 0.6) is 0 Å². The third kappa shape index (κ3) is 4.28. The second kappa shape index (κ2) is 6.89. The first kappa shape index (κ1) is 16.5. The molecule has 21 heavy (non-hydrogen) atoms. The highest BCUT2D eigenvalue weighted by atomic mass is 32.2. The summed E-state index contributed by atoms with van der Waals surface area (Å²) in [6.45, 7) is 5.45. The SMILES string of the molecule is CCc1ccc(S(=O)(=O)NCC(=O)N2CCC(C)CC2)s1. The highest BCUT2D eigenvalue weighted by molar-refractivity contribution is 7.91. The molecule has 0 spiro atoms. The molecule has 1 N–H and O–H groups in total. The van der Waals surface area contributed by atoms with Crippen LogP contribution in [-0.2, 0) is 21.2 Å². The van der Waals surface area contributed by atoms with Crippen LogP contribution in [0.4, 0.5) is 0 Å². The van der Waals surface area contributed by atoms with Gasteiger partial charge in [0.25, 0.3) is 10.0 Å². The molecule has 5 nitrogen and oxygen atoms in total. The van der Waals surface area contributed by atoms with Crippen molar-refractivity contribution in [1.82, 2.24) is 9.62 Å². The number of piperidine rings is 1. The molecular weight excluding hydrogens is 308 g/mol. The van der Waals surface area contributed by atoms with E-state index in [-0.39, 0.29) is 16.7 Å². The molecule has 0 saturated carbocycles. The third-order valence-corrected chi connectivity index (χ3v) is 6.92. The van der Waals surface area contributed by atoms with Crippen molar-refractivity contribution in [3.8, 4) is 0 Å². The Kier molecular flexibility index (Phi) is 5.40. The van der Waals surface area contributed by atoms with Gasteiger partial charge in [-0.2, -0.15) is 0 Å². The van der Waals surface area contributed by atoms with Crippen molar-refractivity contribution in [3.05, 3.63) is 17.0 Å². The van der Waals surface area contributed by atoms with Gasteiger partial charge in [0.05, 0.1) is 6.54 Å². The fraction of sp³-hybridized carbons (Fsp3) is 0.643. The van der Waals surface area contributed by atoms with Gasteiger partial charge in [-0.1, -0.05) is 13.8 Å². The minimum absolute atomic E-state index is 0.141. The number of carbonyl (C=O) groups is 1. The summed E-state index contributed by atoms with van der Waals surface area (Å²) in [5.74, 6) is 0.502. The predicted molar refractivity (Wildman–Crippen MR) is 83.9 cm³/mol. The zero-order valence-corrected chi connectivity index (χ0v) is 14.1. The summed E-state index contributed by atoms with van der Waals surface area (Å²) >= 11 is 1.25. The lowest BCUT2D eigenvalue weighted by molar-refractivity contribution is -0.131. The summed E-state index contributed by atoms with van der Waals surface area (Å²) in [6.07, 6.45) is 2.79. The highest BCUT2D eigenvalue weighted by Crippen LogP contribution is 2.21. The Labute approximate surface area is 130 Å². The maximum absolute atomic E-state index is 12.1. The molecule has 1 fully saturated rings. The summed E-state index contributed by atoms with van der Waals surface area (Å²) < 4.78 is 26.9. The maximum atomic E-state index is 12.1. The van der Waals surface area contributed by atoms with Crippen molar-refractivity contribution >= 4 is 27.3 Å². The van der Waals surface area contributed by atoms with E-state index >= 15 is 0 Å². The topological polar surface area (TPSA) is 66.5 Å². The molecule has 1 aromatic heterocycles. The van der Waals surface area contributed by atoms with Crippen LogP contribution in [0.25, 0.3) is 0 Å². The normalized spacial score (nSPS) is 17.1. The second-order valence-electron chi connectivity index (χ2n) is 5.46. The molecule has 0 bridgehead atoms. The zero-order valence-electron chi connectivity index (χ0n) is 12.5. The van der Waals surface area contributed by atoms with Crippen molar-refractivity contribution in [3.63, 3.8) is 0 Å². The largest absolute Gasteiger partial charge is 0.342 e. The minimum Gasteiger partial charge on any atom is -0.342 e. The molecule has 1 aliphatic heterocycles. The summed E-state index contributed by atoms with van der Waals surface area (Å²) in [4.78, 5) is 14.8. The molecule has 1 amide bonds. The van der Waals surface area contributed by atoms with Gasteiger partial charge in [0.2, 0.25) is 5.91 Å². The van der Waals surface area contributed by atoms with Crippen molar-refractivity contribution in [2.24, 2.45) is 5.92 Å². The van der Waals surface area contributed by atoms with Gasteiger partial charge in [0, 0.05) is 18.0 Å². The molecule has 0 aliphatic carbocycles. The number of likely N-dealkylation sites (tertiary alicyclic amines) is 1. The van der Waals surface area contributed by atoms with Crippen molar-refractivity contribution in [1.29, 1.82) is 0 Å². The van der Waals surface area contributed by atoms with E-state index in [9.17, 15) is 13.2 Å². The Morgan fingerprint density at radius 1 is 1.38 bits per heavy atom. The molecule has 2 heterocycles. The summed E-state index contributed by atoms with van der Waals surface area (Å²) in [7, 11) is -3.57. The van der Waals surface area contributed by atoms with Crippen LogP contribution in [0.3, 0.4) is 0 Å². The summed E-state index contributed by atoms with van der Waals surface area (Å²) in [5.41, 5.74) is 0. The Morgan fingerprint density at radius 2 is 2.05 bits per heavy atom. The molecule has 0 radical (unpaired) electrons. The number of nitrogens with one attached hydrogen (secondary N) is 1. The summed E-state index contributed by atoms with van der Waals surface area (Å²) in [5, 5.41) is 0. The van der Waals surface area contributed by atoms with Crippen LogP contribution in [-0.4, -0.2) is 38.9 Å². The molecule has 118 valence electrons. The predicted octanol–water partition coefficient (Wildman–Crippen LogP) is 1.85. The van der Waals surface area contributed by atoms with Gasteiger partial charge in [0.1, 0.15) is 4.21 Å². The van der Waals surface area contributed by atoms with Crippen molar-refractivity contribution in [2.75, 3.05) is 19.6 Å². The fourth-order valence-corrected chi connectivity index (χ4v) is 4.60. The first-order valence-corrected chi connectivity index (χ1v) is 9.58. The van der Waals surface area contributed by atoms with Crippen LogP contribution >= 0.6 is 11.3 Å². The number of thiophene rings is 1. The Bertz CT molecular complexity index is 587. The molecule has 1 saturated heterocycles. The number of hydrogen-bond donors (Lipinski definition) is 1. The van der Waals surface area contributed by atoms with Crippen molar-refractivity contribution in [2.45, 2.75) is 37.3 Å². The maximum Gasteiger partial charge on any atom is 0.250 e. The Morgan fingerprint density at radius 3 is 2.62 bits per heavy atom. The summed E-state index contributed by atoms with van der Waals surface area (Å²) in [6, 6.07) is 3.41. The van der Waals surface area contributed by atoms with Gasteiger partial charge in [-0.25, -0.2) is 13.1 Å². The highest BCUT2D eigenvalue weighted by Gasteiger charge is 2.23. The van der Waals surface area contributed by atoms with Crippen molar-refractivity contribution < 1.29 is 13.2 Å². The van der Waals surface area contributed by atoms with Gasteiger partial charge < -0.3 is 4.90 Å². The molecular formula is C14H22N2O3S2. The number of nitrogens with zero attached hydrogens (tertiary/aromatic N) is 1. The van der Waals surface area contributed by atoms with E-state index in [1.807, 2.05) is 13.0 Å². The van der Waals surface area contributed by atoms with Gasteiger partial charge in [-0.3, -0.25) is 4.79 Å². The fourth-order valence-electron chi connectivity index (χ4n) is 2.29. The molecule has 0 aromatic carbocycles. The van der Waals surface area contributed by atoms with Crippen LogP contribution in [0.2, 0.25) is 0 Å². The lowest BCUT2D eigenvalue weighted by atomic mass is 9.99. The molecule has 2 rings (SSSR count). The first-order valence-electron chi connectivity index (χ1n) is 7.28.